The Kier molecular flexibility index (Phi) is 5.68. The molecule has 0 saturated carbocycles. The van der Waals surface area contributed by atoms with Crippen LogP contribution < -0.4 is 10.6 Å². The summed E-state index contributed by atoms with van der Waals surface area (Å²) in [5.74, 6) is -0.404. The maximum atomic E-state index is 12.5. The van der Waals surface area contributed by atoms with Crippen molar-refractivity contribution in [3.05, 3.63) is 84.3 Å². The zero-order valence-corrected chi connectivity index (χ0v) is 15.7. The molecule has 0 aliphatic carbocycles. The Labute approximate surface area is 162 Å². The Balaban J connectivity index is 1.63. The molecule has 3 rings (SSSR count). The Hall–Kier alpha value is -2.97. The summed E-state index contributed by atoms with van der Waals surface area (Å²) in [6.45, 7) is 0. The minimum atomic E-state index is -3.45. The fourth-order valence-corrected chi connectivity index (χ4v) is 3.92. The van der Waals surface area contributed by atoms with Crippen LogP contribution in [0.4, 0.5) is 5.69 Å². The van der Waals surface area contributed by atoms with Crippen LogP contribution in [0, 0.1) is 0 Å². The van der Waals surface area contributed by atoms with Crippen LogP contribution in [0.5, 0.6) is 0 Å². The van der Waals surface area contributed by atoms with Crippen molar-refractivity contribution in [1.29, 1.82) is 0 Å². The number of furan rings is 1. The molecule has 0 fully saturated rings. The third-order valence-corrected chi connectivity index (χ3v) is 5.55. The first-order chi connectivity index (χ1) is 12.9. The second kappa shape index (κ2) is 8.15. The molecule has 0 aliphatic rings. The van der Waals surface area contributed by atoms with E-state index in [4.69, 9.17) is 16.6 Å². The zero-order valence-electron chi connectivity index (χ0n) is 14.1. The molecule has 1 amide bonds. The Bertz CT molecular complexity index is 1030. The highest BCUT2D eigenvalue weighted by molar-refractivity contribution is 7.90. The lowest BCUT2D eigenvalue weighted by molar-refractivity contribution is 0.0950. The van der Waals surface area contributed by atoms with Gasteiger partial charge in [-0.15, -0.1) is 0 Å². The van der Waals surface area contributed by atoms with Crippen molar-refractivity contribution in [3.63, 3.8) is 0 Å². The van der Waals surface area contributed by atoms with E-state index >= 15 is 0 Å². The molecule has 2 aromatic carbocycles. The number of carbonyl (C=O) groups is 1. The summed E-state index contributed by atoms with van der Waals surface area (Å²) >= 11 is 5.08. The van der Waals surface area contributed by atoms with E-state index in [0.717, 1.165) is 5.56 Å². The largest absolute Gasteiger partial charge is 0.459 e. The van der Waals surface area contributed by atoms with Crippen molar-refractivity contribution in [3.8, 4) is 0 Å². The lowest BCUT2D eigenvalue weighted by Crippen LogP contribution is -2.33. The van der Waals surface area contributed by atoms with Crippen molar-refractivity contribution >= 4 is 38.8 Å². The molecule has 138 valence electrons. The molecule has 6 nitrogen and oxygen atoms in total. The monoisotopic (exact) mass is 400 g/mol. The van der Waals surface area contributed by atoms with Crippen molar-refractivity contribution in [2.45, 2.75) is 10.6 Å². The van der Waals surface area contributed by atoms with Gasteiger partial charge in [-0.2, -0.15) is 0 Å². The van der Waals surface area contributed by atoms with Crippen LogP contribution in [0.25, 0.3) is 0 Å². The number of thiocarbonyl (C=S) groups is 1. The predicted molar refractivity (Wildman–Crippen MR) is 106 cm³/mol. The van der Waals surface area contributed by atoms with Crippen molar-refractivity contribution in [1.82, 2.24) is 5.32 Å². The lowest BCUT2D eigenvalue weighted by Gasteiger charge is -2.10. The van der Waals surface area contributed by atoms with Crippen LogP contribution in [-0.2, 0) is 15.6 Å². The number of amides is 1. The standard InChI is InChI=1S/C19H16N2O4S2/c22-18(17-7-4-12-25-17)21-19(26)20-15-8-10-16(11-9-15)27(23,24)13-14-5-2-1-3-6-14/h1-12H,13H2,(H2,20,21,22,26). The molecular formula is C19H16N2O4S2. The van der Waals surface area contributed by atoms with Gasteiger partial charge >= 0.3 is 0 Å². The molecule has 1 heterocycles. The van der Waals surface area contributed by atoms with E-state index in [1.54, 1.807) is 42.5 Å². The molecule has 0 atom stereocenters. The van der Waals surface area contributed by atoms with Gasteiger partial charge in [-0.05, 0) is 54.2 Å². The van der Waals surface area contributed by atoms with Gasteiger partial charge < -0.3 is 9.73 Å². The highest BCUT2D eigenvalue weighted by Crippen LogP contribution is 2.19. The molecule has 27 heavy (non-hydrogen) atoms. The van der Waals surface area contributed by atoms with E-state index in [1.165, 1.54) is 24.5 Å². The maximum Gasteiger partial charge on any atom is 0.293 e. The summed E-state index contributed by atoms with van der Waals surface area (Å²) in [5, 5.41) is 5.38. The molecule has 1 aromatic heterocycles. The minimum Gasteiger partial charge on any atom is -0.459 e. The number of benzene rings is 2. The van der Waals surface area contributed by atoms with Crippen LogP contribution in [-0.4, -0.2) is 19.4 Å². The smallest absolute Gasteiger partial charge is 0.293 e. The third kappa shape index (κ3) is 5.02. The fraction of sp³-hybridized carbons (Fsp3) is 0.0526. The molecule has 0 saturated heterocycles. The molecule has 0 aliphatic heterocycles. The Morgan fingerprint density at radius 3 is 2.30 bits per heavy atom. The van der Waals surface area contributed by atoms with Gasteiger partial charge in [0.25, 0.3) is 5.91 Å². The van der Waals surface area contributed by atoms with E-state index in [2.05, 4.69) is 10.6 Å². The number of hydrogen-bond donors (Lipinski definition) is 2. The summed E-state index contributed by atoms with van der Waals surface area (Å²) in [5.41, 5.74) is 1.28. The van der Waals surface area contributed by atoms with Crippen molar-refractivity contribution in [2.75, 3.05) is 5.32 Å². The average Bonchev–Trinajstić information content (AvgIpc) is 3.17. The molecule has 8 heteroatoms. The van der Waals surface area contributed by atoms with Gasteiger partial charge in [-0.25, -0.2) is 8.42 Å². The molecular weight excluding hydrogens is 384 g/mol. The number of sulfone groups is 1. The zero-order chi connectivity index (χ0) is 19.3. The van der Waals surface area contributed by atoms with E-state index in [-0.39, 0.29) is 21.5 Å². The highest BCUT2D eigenvalue weighted by Gasteiger charge is 2.15. The third-order valence-electron chi connectivity index (χ3n) is 3.64. The molecule has 0 unspecified atom stereocenters. The summed E-state index contributed by atoms with van der Waals surface area (Å²) in [4.78, 5) is 12.1. The summed E-state index contributed by atoms with van der Waals surface area (Å²) < 4.78 is 30.0. The second-order valence-electron chi connectivity index (χ2n) is 5.65. The minimum absolute atomic E-state index is 0.0712. The number of anilines is 1. The van der Waals surface area contributed by atoms with Crippen LogP contribution in [0.1, 0.15) is 16.1 Å². The summed E-state index contributed by atoms with van der Waals surface area (Å²) in [6.07, 6.45) is 1.39. The van der Waals surface area contributed by atoms with Crippen LogP contribution in [0.2, 0.25) is 0 Å². The first kappa shape index (κ1) is 18.8. The number of nitrogens with one attached hydrogen (secondary N) is 2. The van der Waals surface area contributed by atoms with Gasteiger partial charge in [0.15, 0.2) is 20.7 Å². The SMILES string of the molecule is O=C(NC(=S)Nc1ccc(S(=O)(=O)Cc2ccccc2)cc1)c1ccco1. The molecule has 3 aromatic rings. The molecule has 0 radical (unpaired) electrons. The first-order valence-corrected chi connectivity index (χ1v) is 10.0. The van der Waals surface area contributed by atoms with E-state index in [9.17, 15) is 13.2 Å². The van der Waals surface area contributed by atoms with Gasteiger partial charge in [0, 0.05) is 5.69 Å². The predicted octanol–water partition coefficient (Wildman–Crippen LogP) is 3.38. The Morgan fingerprint density at radius 1 is 0.963 bits per heavy atom. The van der Waals surface area contributed by atoms with Gasteiger partial charge in [-0.3, -0.25) is 10.1 Å². The molecule has 0 spiro atoms. The second-order valence-corrected chi connectivity index (χ2v) is 8.05. The maximum absolute atomic E-state index is 12.5. The topological polar surface area (TPSA) is 88.4 Å². The van der Waals surface area contributed by atoms with Crippen LogP contribution in [0.3, 0.4) is 0 Å². The fourth-order valence-electron chi connectivity index (χ4n) is 2.36. The van der Waals surface area contributed by atoms with Crippen molar-refractivity contribution in [2.24, 2.45) is 0 Å². The molecule has 0 bridgehead atoms. The normalized spacial score (nSPS) is 11.0. The van der Waals surface area contributed by atoms with Gasteiger partial charge in [0.2, 0.25) is 0 Å². The summed E-state index contributed by atoms with van der Waals surface area (Å²) in [6, 6.07) is 18.3. The van der Waals surface area contributed by atoms with E-state index < -0.39 is 15.7 Å². The Morgan fingerprint density at radius 2 is 1.67 bits per heavy atom. The lowest BCUT2D eigenvalue weighted by atomic mass is 10.2. The summed E-state index contributed by atoms with van der Waals surface area (Å²) in [7, 11) is -3.45. The van der Waals surface area contributed by atoms with Gasteiger partial charge in [-0.1, -0.05) is 30.3 Å². The highest BCUT2D eigenvalue weighted by atomic mass is 32.2. The van der Waals surface area contributed by atoms with Gasteiger partial charge in [0.1, 0.15) is 0 Å². The van der Waals surface area contributed by atoms with Gasteiger partial charge in [0.05, 0.1) is 16.9 Å². The van der Waals surface area contributed by atoms with Crippen LogP contribution in [0.15, 0.2) is 82.3 Å². The molecule has 2 N–H and O–H groups in total. The van der Waals surface area contributed by atoms with Crippen molar-refractivity contribution < 1.29 is 17.6 Å². The average molecular weight is 400 g/mol. The first-order valence-electron chi connectivity index (χ1n) is 7.97. The van der Waals surface area contributed by atoms with Crippen LogP contribution >= 0.6 is 12.2 Å². The quantitative estimate of drug-likeness (QED) is 0.639. The number of hydrogen-bond acceptors (Lipinski definition) is 5. The number of rotatable bonds is 5. The van der Waals surface area contributed by atoms with E-state index in [0.29, 0.717) is 5.69 Å². The van der Waals surface area contributed by atoms with E-state index in [1.807, 2.05) is 6.07 Å². The number of carbonyl (C=O) groups excluding carboxylic acids is 1.